The summed E-state index contributed by atoms with van der Waals surface area (Å²) in [7, 11) is 2.05. The number of rotatable bonds is 4. The summed E-state index contributed by atoms with van der Waals surface area (Å²) in [5.41, 5.74) is 0. The zero-order chi connectivity index (χ0) is 10.8. The van der Waals surface area contributed by atoms with Gasteiger partial charge < -0.3 is 10.2 Å². The van der Waals surface area contributed by atoms with Crippen LogP contribution in [-0.2, 0) is 0 Å². The molecular weight excluding hydrogens is 184 g/mol. The minimum atomic E-state index is 0.782. The molecule has 1 saturated carbocycles. The Morgan fingerprint density at radius 1 is 1.53 bits per heavy atom. The summed E-state index contributed by atoms with van der Waals surface area (Å²) in [6, 6.07) is 0.782. The molecule has 2 fully saturated rings. The molecule has 2 aliphatic rings. The SMILES string of the molecule is C=CN1CCC2C(C)CC1C2CCNC. The Morgan fingerprint density at radius 2 is 2.33 bits per heavy atom. The van der Waals surface area contributed by atoms with E-state index in [4.69, 9.17) is 0 Å². The first-order valence-electron chi connectivity index (χ1n) is 6.30. The summed E-state index contributed by atoms with van der Waals surface area (Å²) in [5, 5.41) is 3.29. The fraction of sp³-hybridized carbons (Fsp3) is 0.846. The van der Waals surface area contributed by atoms with Gasteiger partial charge in [0.2, 0.25) is 0 Å². The van der Waals surface area contributed by atoms with Crippen LogP contribution in [0.25, 0.3) is 0 Å². The van der Waals surface area contributed by atoms with Crippen molar-refractivity contribution in [2.24, 2.45) is 17.8 Å². The molecule has 0 spiro atoms. The first-order chi connectivity index (χ1) is 7.27. The lowest BCUT2D eigenvalue weighted by atomic mass is 9.82. The molecule has 2 rings (SSSR count). The Labute approximate surface area is 93.7 Å². The van der Waals surface area contributed by atoms with Crippen LogP contribution in [0.2, 0.25) is 0 Å². The molecule has 0 radical (unpaired) electrons. The number of piperidine rings is 1. The van der Waals surface area contributed by atoms with Gasteiger partial charge in [-0.05, 0) is 56.8 Å². The molecule has 1 aliphatic heterocycles. The maximum atomic E-state index is 3.95. The average molecular weight is 208 g/mol. The van der Waals surface area contributed by atoms with Crippen molar-refractivity contribution in [3.05, 3.63) is 12.8 Å². The Hall–Kier alpha value is -0.500. The van der Waals surface area contributed by atoms with E-state index in [1.54, 1.807) is 0 Å². The maximum absolute atomic E-state index is 3.95. The third-order valence-electron chi connectivity index (χ3n) is 4.50. The van der Waals surface area contributed by atoms with Crippen LogP contribution in [0.4, 0.5) is 0 Å². The van der Waals surface area contributed by atoms with Gasteiger partial charge in [-0.15, -0.1) is 0 Å². The molecule has 4 unspecified atom stereocenters. The van der Waals surface area contributed by atoms with Gasteiger partial charge in [0.25, 0.3) is 0 Å². The van der Waals surface area contributed by atoms with E-state index in [0.29, 0.717) is 0 Å². The van der Waals surface area contributed by atoms with Crippen molar-refractivity contribution in [1.29, 1.82) is 0 Å². The third kappa shape index (κ3) is 1.92. The fourth-order valence-corrected chi connectivity index (χ4v) is 3.73. The molecule has 0 aromatic carbocycles. The molecule has 1 saturated heterocycles. The zero-order valence-electron chi connectivity index (χ0n) is 10.1. The number of nitrogens with one attached hydrogen (secondary N) is 1. The van der Waals surface area contributed by atoms with E-state index < -0.39 is 0 Å². The molecule has 1 heterocycles. The van der Waals surface area contributed by atoms with Crippen LogP contribution in [0, 0.1) is 17.8 Å². The number of nitrogens with zero attached hydrogens (tertiary/aromatic N) is 1. The van der Waals surface area contributed by atoms with Gasteiger partial charge in [-0.1, -0.05) is 13.5 Å². The molecule has 2 nitrogen and oxygen atoms in total. The van der Waals surface area contributed by atoms with Crippen molar-refractivity contribution in [1.82, 2.24) is 10.2 Å². The van der Waals surface area contributed by atoms with Crippen molar-refractivity contribution >= 4 is 0 Å². The zero-order valence-corrected chi connectivity index (χ0v) is 10.1. The van der Waals surface area contributed by atoms with E-state index in [-0.39, 0.29) is 0 Å². The third-order valence-corrected chi connectivity index (χ3v) is 4.50. The smallest absolute Gasteiger partial charge is 0.0318 e. The van der Waals surface area contributed by atoms with Gasteiger partial charge in [-0.3, -0.25) is 0 Å². The quantitative estimate of drug-likeness (QED) is 0.761. The van der Waals surface area contributed by atoms with Crippen LogP contribution < -0.4 is 5.32 Å². The van der Waals surface area contributed by atoms with E-state index in [9.17, 15) is 0 Å². The fourth-order valence-electron chi connectivity index (χ4n) is 3.73. The summed E-state index contributed by atoms with van der Waals surface area (Å²) < 4.78 is 0. The molecule has 1 aliphatic carbocycles. The normalized spacial score (nSPS) is 39.5. The molecule has 0 aromatic heterocycles. The Kier molecular flexibility index (Phi) is 3.35. The van der Waals surface area contributed by atoms with E-state index >= 15 is 0 Å². The molecule has 2 heteroatoms. The van der Waals surface area contributed by atoms with Gasteiger partial charge in [0.05, 0.1) is 0 Å². The van der Waals surface area contributed by atoms with E-state index in [2.05, 4.69) is 37.0 Å². The minimum absolute atomic E-state index is 0.782. The van der Waals surface area contributed by atoms with Crippen LogP contribution in [0.5, 0.6) is 0 Å². The first-order valence-corrected chi connectivity index (χ1v) is 6.30. The highest BCUT2D eigenvalue weighted by Gasteiger charge is 2.45. The van der Waals surface area contributed by atoms with Crippen molar-refractivity contribution in [3.63, 3.8) is 0 Å². The second kappa shape index (κ2) is 4.56. The van der Waals surface area contributed by atoms with Crippen LogP contribution in [0.1, 0.15) is 26.2 Å². The molecule has 0 amide bonds. The lowest BCUT2D eigenvalue weighted by Crippen LogP contribution is -2.42. The second-order valence-electron chi connectivity index (χ2n) is 5.21. The number of hydrogen-bond acceptors (Lipinski definition) is 2. The summed E-state index contributed by atoms with van der Waals surface area (Å²) in [4.78, 5) is 2.49. The number of likely N-dealkylation sites (tertiary alicyclic amines) is 1. The molecule has 15 heavy (non-hydrogen) atoms. The minimum Gasteiger partial charge on any atom is -0.375 e. The maximum Gasteiger partial charge on any atom is 0.0318 e. The number of fused-ring (bicyclic) bond motifs is 2. The van der Waals surface area contributed by atoms with Crippen LogP contribution in [0.3, 0.4) is 0 Å². The molecule has 0 aromatic rings. The van der Waals surface area contributed by atoms with Gasteiger partial charge in [0, 0.05) is 12.6 Å². The van der Waals surface area contributed by atoms with Crippen LogP contribution in [-0.4, -0.2) is 31.1 Å². The predicted octanol–water partition coefficient (Wildman–Crippen LogP) is 2.09. The summed E-state index contributed by atoms with van der Waals surface area (Å²) in [6.07, 6.45) is 6.15. The van der Waals surface area contributed by atoms with Gasteiger partial charge in [0.15, 0.2) is 0 Å². The van der Waals surface area contributed by atoms with Crippen LogP contribution in [0.15, 0.2) is 12.8 Å². The average Bonchev–Trinajstić information content (AvgIpc) is 2.44. The monoisotopic (exact) mass is 208 g/mol. The van der Waals surface area contributed by atoms with Crippen molar-refractivity contribution in [2.75, 3.05) is 20.1 Å². The number of hydrogen-bond donors (Lipinski definition) is 1. The van der Waals surface area contributed by atoms with Crippen molar-refractivity contribution in [3.8, 4) is 0 Å². The largest absolute Gasteiger partial charge is 0.375 e. The lowest BCUT2D eigenvalue weighted by Gasteiger charge is -2.39. The van der Waals surface area contributed by atoms with E-state index in [1.165, 1.54) is 25.8 Å². The van der Waals surface area contributed by atoms with Gasteiger partial charge in [0.1, 0.15) is 0 Å². The summed E-state index contributed by atoms with van der Waals surface area (Å²) in [6.45, 7) is 8.78. The molecule has 86 valence electrons. The Morgan fingerprint density at radius 3 is 3.00 bits per heavy atom. The van der Waals surface area contributed by atoms with E-state index in [1.807, 2.05) is 0 Å². The standard InChI is InChI=1S/C13H24N2/c1-4-15-8-6-11-10(2)9-13(15)12(11)5-7-14-3/h4,10-14H,1,5-9H2,2-3H3. The molecular formula is C13H24N2. The topological polar surface area (TPSA) is 15.3 Å². The highest BCUT2D eigenvalue weighted by Crippen LogP contribution is 2.46. The van der Waals surface area contributed by atoms with Gasteiger partial charge in [-0.2, -0.15) is 0 Å². The van der Waals surface area contributed by atoms with Crippen molar-refractivity contribution < 1.29 is 0 Å². The summed E-state index contributed by atoms with van der Waals surface area (Å²) >= 11 is 0. The van der Waals surface area contributed by atoms with Crippen molar-refractivity contribution in [2.45, 2.75) is 32.2 Å². The molecule has 1 N–H and O–H groups in total. The predicted molar refractivity (Wildman–Crippen MR) is 64.6 cm³/mol. The van der Waals surface area contributed by atoms with Gasteiger partial charge in [-0.25, -0.2) is 0 Å². The first kappa shape index (κ1) is 11.0. The summed E-state index contributed by atoms with van der Waals surface area (Å²) in [5.74, 6) is 2.79. The highest BCUT2D eigenvalue weighted by atomic mass is 15.2. The lowest BCUT2D eigenvalue weighted by molar-refractivity contribution is 0.130. The van der Waals surface area contributed by atoms with Gasteiger partial charge >= 0.3 is 0 Å². The Bertz CT molecular complexity index is 227. The molecule has 4 atom stereocenters. The second-order valence-corrected chi connectivity index (χ2v) is 5.21. The van der Waals surface area contributed by atoms with Crippen LogP contribution >= 0.6 is 0 Å². The molecule has 2 bridgehead atoms. The Balaban J connectivity index is 2.05. The van der Waals surface area contributed by atoms with E-state index in [0.717, 1.165) is 30.3 Å². The highest BCUT2D eigenvalue weighted by molar-refractivity contribution is 5.00.